The lowest BCUT2D eigenvalue weighted by Crippen LogP contribution is -2.40. The van der Waals surface area contributed by atoms with E-state index in [1.54, 1.807) is 0 Å². The third-order valence-electron chi connectivity index (χ3n) is 3.59. The molecule has 0 radical (unpaired) electrons. The number of likely N-dealkylation sites (tertiary alicyclic amines) is 1. The van der Waals surface area contributed by atoms with E-state index in [2.05, 4.69) is 17.6 Å². The van der Waals surface area contributed by atoms with Crippen LogP contribution in [0.5, 0.6) is 0 Å². The van der Waals surface area contributed by atoms with Crippen LogP contribution in [0.1, 0.15) is 46.0 Å². The van der Waals surface area contributed by atoms with Crippen LogP contribution < -0.4 is 10.6 Å². The summed E-state index contributed by atoms with van der Waals surface area (Å²) in [6.45, 7) is 6.65. The van der Waals surface area contributed by atoms with Gasteiger partial charge in [0.2, 0.25) is 11.8 Å². The van der Waals surface area contributed by atoms with E-state index in [1.807, 2.05) is 11.8 Å². The van der Waals surface area contributed by atoms with Crippen LogP contribution in [-0.4, -0.2) is 48.9 Å². The smallest absolute Gasteiger partial charge is 0.233 e. The molecule has 110 valence electrons. The van der Waals surface area contributed by atoms with Crippen molar-refractivity contribution in [2.75, 3.05) is 26.2 Å². The maximum absolute atomic E-state index is 11.9. The minimum atomic E-state index is -0.0354. The minimum Gasteiger partial charge on any atom is -0.354 e. The van der Waals surface area contributed by atoms with E-state index < -0.39 is 0 Å². The molecule has 0 aromatic carbocycles. The van der Waals surface area contributed by atoms with Crippen molar-refractivity contribution in [3.63, 3.8) is 0 Å². The number of amides is 2. The Kier molecular flexibility index (Phi) is 7.48. The first-order valence-corrected chi connectivity index (χ1v) is 7.41. The molecule has 1 atom stereocenters. The SMILES string of the molecule is CCC(C)NCC(=O)NCCC(=O)N1CCCCC1. The van der Waals surface area contributed by atoms with E-state index in [0.29, 0.717) is 25.6 Å². The highest BCUT2D eigenvalue weighted by atomic mass is 16.2. The maximum atomic E-state index is 11.9. The highest BCUT2D eigenvalue weighted by molar-refractivity contribution is 5.80. The molecule has 2 N–H and O–H groups in total. The standard InChI is InChI=1S/C14H27N3O2/c1-3-12(2)16-11-13(18)15-8-7-14(19)17-9-5-4-6-10-17/h12,16H,3-11H2,1-2H3,(H,15,18). The van der Waals surface area contributed by atoms with Crippen molar-refractivity contribution in [3.05, 3.63) is 0 Å². The Morgan fingerprint density at radius 1 is 1.21 bits per heavy atom. The van der Waals surface area contributed by atoms with Gasteiger partial charge in [-0.05, 0) is 32.6 Å². The van der Waals surface area contributed by atoms with Gasteiger partial charge in [-0.2, -0.15) is 0 Å². The first kappa shape index (κ1) is 16.0. The fraction of sp³-hybridized carbons (Fsp3) is 0.857. The van der Waals surface area contributed by atoms with Gasteiger partial charge in [-0.15, -0.1) is 0 Å². The van der Waals surface area contributed by atoms with Gasteiger partial charge in [0.05, 0.1) is 6.54 Å². The predicted octanol–water partition coefficient (Wildman–Crippen LogP) is 0.893. The zero-order chi connectivity index (χ0) is 14.1. The topological polar surface area (TPSA) is 61.4 Å². The monoisotopic (exact) mass is 269 g/mol. The molecule has 0 bridgehead atoms. The summed E-state index contributed by atoms with van der Waals surface area (Å²) in [6.07, 6.45) is 4.85. The fourth-order valence-electron chi connectivity index (χ4n) is 2.08. The summed E-state index contributed by atoms with van der Waals surface area (Å²) < 4.78 is 0. The molecule has 1 fully saturated rings. The summed E-state index contributed by atoms with van der Waals surface area (Å²) in [5.41, 5.74) is 0. The molecule has 0 aromatic heterocycles. The molecule has 1 aliphatic rings. The number of carbonyl (C=O) groups is 2. The second kappa shape index (κ2) is 8.91. The van der Waals surface area contributed by atoms with Crippen LogP contribution in [0.3, 0.4) is 0 Å². The maximum Gasteiger partial charge on any atom is 0.233 e. The Balaban J connectivity index is 2.08. The van der Waals surface area contributed by atoms with Crippen LogP contribution in [-0.2, 0) is 9.59 Å². The van der Waals surface area contributed by atoms with Crippen LogP contribution >= 0.6 is 0 Å². The molecule has 1 aliphatic heterocycles. The lowest BCUT2D eigenvalue weighted by atomic mass is 10.1. The fourth-order valence-corrected chi connectivity index (χ4v) is 2.08. The first-order chi connectivity index (χ1) is 9.13. The van der Waals surface area contributed by atoms with Gasteiger partial charge in [0.25, 0.3) is 0 Å². The third-order valence-corrected chi connectivity index (χ3v) is 3.59. The van der Waals surface area contributed by atoms with Crippen molar-refractivity contribution in [1.29, 1.82) is 0 Å². The van der Waals surface area contributed by atoms with E-state index in [4.69, 9.17) is 0 Å². The minimum absolute atomic E-state index is 0.0354. The van der Waals surface area contributed by atoms with E-state index in [9.17, 15) is 9.59 Å². The molecule has 5 nitrogen and oxygen atoms in total. The van der Waals surface area contributed by atoms with Crippen molar-refractivity contribution < 1.29 is 9.59 Å². The van der Waals surface area contributed by atoms with Gasteiger partial charge in [0, 0.05) is 32.1 Å². The number of nitrogens with one attached hydrogen (secondary N) is 2. The van der Waals surface area contributed by atoms with Crippen molar-refractivity contribution in [2.45, 2.75) is 52.0 Å². The second-order valence-electron chi connectivity index (χ2n) is 5.23. The van der Waals surface area contributed by atoms with E-state index in [1.165, 1.54) is 6.42 Å². The summed E-state index contributed by atoms with van der Waals surface area (Å²) in [5.74, 6) is 0.127. The first-order valence-electron chi connectivity index (χ1n) is 7.41. The van der Waals surface area contributed by atoms with Gasteiger partial charge in [0.15, 0.2) is 0 Å². The van der Waals surface area contributed by atoms with Crippen LogP contribution in [0.2, 0.25) is 0 Å². The number of hydrogen-bond acceptors (Lipinski definition) is 3. The molecule has 2 amide bonds. The highest BCUT2D eigenvalue weighted by Gasteiger charge is 2.16. The molecule has 0 aromatic rings. The van der Waals surface area contributed by atoms with Crippen molar-refractivity contribution in [2.24, 2.45) is 0 Å². The molecule has 1 heterocycles. The highest BCUT2D eigenvalue weighted by Crippen LogP contribution is 2.09. The van der Waals surface area contributed by atoms with Crippen LogP contribution in [0.25, 0.3) is 0 Å². The van der Waals surface area contributed by atoms with Gasteiger partial charge in [-0.1, -0.05) is 6.92 Å². The van der Waals surface area contributed by atoms with Crippen LogP contribution in [0.15, 0.2) is 0 Å². The lowest BCUT2D eigenvalue weighted by molar-refractivity contribution is -0.132. The zero-order valence-corrected chi connectivity index (χ0v) is 12.2. The largest absolute Gasteiger partial charge is 0.354 e. The Labute approximate surface area is 116 Å². The second-order valence-corrected chi connectivity index (χ2v) is 5.23. The normalized spacial score (nSPS) is 17.1. The van der Waals surface area contributed by atoms with E-state index >= 15 is 0 Å². The number of rotatable bonds is 7. The molecule has 19 heavy (non-hydrogen) atoms. The Bertz CT molecular complexity index is 288. The van der Waals surface area contributed by atoms with E-state index in [-0.39, 0.29) is 11.8 Å². The predicted molar refractivity (Wildman–Crippen MR) is 75.8 cm³/mol. The van der Waals surface area contributed by atoms with Crippen LogP contribution in [0, 0.1) is 0 Å². The van der Waals surface area contributed by atoms with Gasteiger partial charge >= 0.3 is 0 Å². The molecular formula is C14H27N3O2. The third kappa shape index (κ3) is 6.57. The number of hydrogen-bond donors (Lipinski definition) is 2. The van der Waals surface area contributed by atoms with Gasteiger partial charge in [-0.25, -0.2) is 0 Å². The molecular weight excluding hydrogens is 242 g/mol. The number of piperidine rings is 1. The van der Waals surface area contributed by atoms with Crippen LogP contribution in [0.4, 0.5) is 0 Å². The quantitative estimate of drug-likeness (QED) is 0.721. The molecule has 0 aliphatic carbocycles. The number of nitrogens with zero attached hydrogens (tertiary/aromatic N) is 1. The average Bonchev–Trinajstić information content (AvgIpc) is 2.45. The summed E-state index contributed by atoms with van der Waals surface area (Å²) in [6, 6.07) is 0.348. The molecule has 0 spiro atoms. The summed E-state index contributed by atoms with van der Waals surface area (Å²) >= 11 is 0. The van der Waals surface area contributed by atoms with Gasteiger partial charge in [0.1, 0.15) is 0 Å². The molecule has 0 saturated carbocycles. The van der Waals surface area contributed by atoms with Crippen molar-refractivity contribution in [3.8, 4) is 0 Å². The lowest BCUT2D eigenvalue weighted by Gasteiger charge is -2.26. The Morgan fingerprint density at radius 3 is 2.53 bits per heavy atom. The Morgan fingerprint density at radius 2 is 1.89 bits per heavy atom. The zero-order valence-electron chi connectivity index (χ0n) is 12.2. The summed E-state index contributed by atoms with van der Waals surface area (Å²) in [7, 11) is 0. The molecule has 1 saturated heterocycles. The summed E-state index contributed by atoms with van der Waals surface area (Å²) in [4.78, 5) is 25.3. The van der Waals surface area contributed by atoms with Crippen molar-refractivity contribution in [1.82, 2.24) is 15.5 Å². The van der Waals surface area contributed by atoms with Gasteiger partial charge < -0.3 is 15.5 Å². The average molecular weight is 269 g/mol. The molecule has 1 rings (SSSR count). The molecule has 5 heteroatoms. The van der Waals surface area contributed by atoms with E-state index in [0.717, 1.165) is 32.4 Å². The van der Waals surface area contributed by atoms with Gasteiger partial charge in [-0.3, -0.25) is 9.59 Å². The Hall–Kier alpha value is -1.10. The number of carbonyl (C=O) groups excluding carboxylic acids is 2. The molecule has 1 unspecified atom stereocenters. The van der Waals surface area contributed by atoms with Crippen molar-refractivity contribution >= 4 is 11.8 Å². The summed E-state index contributed by atoms with van der Waals surface area (Å²) in [5, 5.41) is 5.91.